The SMILES string of the molecule is CC1CC(C(CC#N)n2cc(-c3ncnc4c3ccn4COCC[Si](C)(C)C)cn2)C1. The van der Waals surface area contributed by atoms with E-state index in [1.807, 2.05) is 33.9 Å². The molecule has 0 N–H and O–H groups in total. The van der Waals surface area contributed by atoms with Gasteiger partial charge >= 0.3 is 0 Å². The molecule has 164 valence electrons. The zero-order chi connectivity index (χ0) is 22.0. The van der Waals surface area contributed by atoms with E-state index in [4.69, 9.17) is 4.74 Å². The predicted octanol–water partition coefficient (Wildman–Crippen LogP) is 5.11. The van der Waals surface area contributed by atoms with E-state index >= 15 is 0 Å². The summed E-state index contributed by atoms with van der Waals surface area (Å²) in [6, 6.07) is 5.67. The fourth-order valence-electron chi connectivity index (χ4n) is 4.37. The topological polar surface area (TPSA) is 81.5 Å². The Morgan fingerprint density at radius 3 is 2.81 bits per heavy atom. The highest BCUT2D eigenvalue weighted by molar-refractivity contribution is 6.76. The maximum absolute atomic E-state index is 9.31. The summed E-state index contributed by atoms with van der Waals surface area (Å²) in [7, 11) is -1.10. The maximum atomic E-state index is 9.31. The lowest BCUT2D eigenvalue weighted by molar-refractivity contribution is 0.0899. The zero-order valence-corrected chi connectivity index (χ0v) is 20.0. The largest absolute Gasteiger partial charge is 0.361 e. The molecular weight excluding hydrogens is 404 g/mol. The van der Waals surface area contributed by atoms with Crippen LogP contribution in [0.1, 0.15) is 32.2 Å². The lowest BCUT2D eigenvalue weighted by Crippen LogP contribution is -2.30. The molecule has 0 radical (unpaired) electrons. The predicted molar refractivity (Wildman–Crippen MR) is 124 cm³/mol. The molecular formula is C23H32N6OSi. The minimum absolute atomic E-state index is 0.136. The van der Waals surface area contributed by atoms with Gasteiger partial charge < -0.3 is 9.30 Å². The fourth-order valence-corrected chi connectivity index (χ4v) is 5.13. The standard InChI is InChI=1S/C23H32N6OSi/c1-17-11-18(12-17)21(5-7-24)29-14-19(13-27-29)22-20-6-8-28(23(20)26-15-25-22)16-30-9-10-31(2,3)4/h6,8,13-15,17-18,21H,5,9-12,16H2,1-4H3. The summed E-state index contributed by atoms with van der Waals surface area (Å²) < 4.78 is 9.92. The third kappa shape index (κ3) is 4.88. The molecule has 31 heavy (non-hydrogen) atoms. The lowest BCUT2D eigenvalue weighted by atomic mass is 9.71. The van der Waals surface area contributed by atoms with Crippen molar-refractivity contribution in [3.63, 3.8) is 0 Å². The van der Waals surface area contributed by atoms with Gasteiger partial charge in [0.1, 0.15) is 18.7 Å². The molecule has 7 nitrogen and oxygen atoms in total. The second-order valence-corrected chi connectivity index (χ2v) is 15.7. The van der Waals surface area contributed by atoms with Gasteiger partial charge in [-0.2, -0.15) is 10.4 Å². The Balaban J connectivity index is 1.52. The first-order chi connectivity index (χ1) is 14.9. The third-order valence-corrected chi connectivity index (χ3v) is 7.96. The van der Waals surface area contributed by atoms with Crippen molar-refractivity contribution in [2.45, 2.75) is 64.6 Å². The van der Waals surface area contributed by atoms with Crippen molar-refractivity contribution in [1.82, 2.24) is 24.3 Å². The molecule has 1 aliphatic carbocycles. The van der Waals surface area contributed by atoms with Crippen LogP contribution in [-0.4, -0.2) is 39.0 Å². The first kappa shape index (κ1) is 21.7. The number of aromatic nitrogens is 5. The first-order valence-corrected chi connectivity index (χ1v) is 14.9. The molecule has 3 aromatic heterocycles. The number of hydrogen-bond acceptors (Lipinski definition) is 5. The Labute approximate surface area is 185 Å². The molecule has 0 spiro atoms. The van der Waals surface area contributed by atoms with Crippen LogP contribution in [0.3, 0.4) is 0 Å². The van der Waals surface area contributed by atoms with Crippen molar-refractivity contribution >= 4 is 19.1 Å². The summed E-state index contributed by atoms with van der Waals surface area (Å²) in [6.07, 6.45) is 10.3. The average molecular weight is 437 g/mol. The summed E-state index contributed by atoms with van der Waals surface area (Å²) in [5.41, 5.74) is 2.70. The number of rotatable bonds is 9. The molecule has 1 fully saturated rings. The van der Waals surface area contributed by atoms with Crippen LogP contribution in [0, 0.1) is 23.2 Å². The van der Waals surface area contributed by atoms with Gasteiger partial charge in [0.05, 0.1) is 30.4 Å². The van der Waals surface area contributed by atoms with Gasteiger partial charge in [0.25, 0.3) is 0 Å². The van der Waals surface area contributed by atoms with E-state index in [-0.39, 0.29) is 6.04 Å². The maximum Gasteiger partial charge on any atom is 0.145 e. The Bertz CT molecular complexity index is 1070. The molecule has 0 aromatic carbocycles. The molecule has 3 heterocycles. The van der Waals surface area contributed by atoms with Crippen LogP contribution in [0.2, 0.25) is 25.7 Å². The summed E-state index contributed by atoms with van der Waals surface area (Å²) in [6.45, 7) is 10.6. The second kappa shape index (κ2) is 8.93. The van der Waals surface area contributed by atoms with Crippen molar-refractivity contribution in [2.24, 2.45) is 11.8 Å². The summed E-state index contributed by atoms with van der Waals surface area (Å²) in [4.78, 5) is 9.05. The number of fused-ring (bicyclic) bond motifs is 1. The monoisotopic (exact) mass is 436 g/mol. The number of hydrogen-bond donors (Lipinski definition) is 0. The van der Waals surface area contributed by atoms with E-state index in [2.05, 4.69) is 47.7 Å². The molecule has 0 amide bonds. The van der Waals surface area contributed by atoms with E-state index < -0.39 is 8.07 Å². The van der Waals surface area contributed by atoms with E-state index in [0.717, 1.165) is 40.9 Å². The van der Waals surface area contributed by atoms with Gasteiger partial charge in [-0.05, 0) is 36.8 Å². The van der Waals surface area contributed by atoms with Crippen molar-refractivity contribution in [1.29, 1.82) is 5.26 Å². The molecule has 1 saturated carbocycles. The molecule has 0 bridgehead atoms. The summed E-state index contributed by atoms with van der Waals surface area (Å²) >= 11 is 0. The van der Waals surface area contributed by atoms with Crippen LogP contribution >= 0.6 is 0 Å². The summed E-state index contributed by atoms with van der Waals surface area (Å²) in [5, 5.41) is 14.9. The number of nitriles is 1. The minimum Gasteiger partial charge on any atom is -0.361 e. The Hall–Kier alpha value is -2.50. The van der Waals surface area contributed by atoms with E-state index in [1.54, 1.807) is 6.33 Å². The van der Waals surface area contributed by atoms with Crippen molar-refractivity contribution in [3.8, 4) is 17.3 Å². The molecule has 1 unspecified atom stereocenters. The van der Waals surface area contributed by atoms with E-state index in [0.29, 0.717) is 19.1 Å². The average Bonchev–Trinajstić information content (AvgIpc) is 3.34. The smallest absolute Gasteiger partial charge is 0.145 e. The molecule has 1 aliphatic rings. The fraction of sp³-hybridized carbons (Fsp3) is 0.565. The zero-order valence-electron chi connectivity index (χ0n) is 19.0. The van der Waals surface area contributed by atoms with Crippen LogP contribution in [0.5, 0.6) is 0 Å². The molecule has 8 heteroatoms. The molecule has 3 aromatic rings. The van der Waals surface area contributed by atoms with Gasteiger partial charge in [-0.1, -0.05) is 26.6 Å². The number of ether oxygens (including phenoxy) is 1. The van der Waals surface area contributed by atoms with Gasteiger partial charge in [0, 0.05) is 38.0 Å². The molecule has 1 atom stereocenters. The van der Waals surface area contributed by atoms with Crippen molar-refractivity contribution in [3.05, 3.63) is 31.0 Å². The Morgan fingerprint density at radius 2 is 2.10 bits per heavy atom. The van der Waals surface area contributed by atoms with Crippen molar-refractivity contribution < 1.29 is 4.74 Å². The van der Waals surface area contributed by atoms with Crippen LogP contribution < -0.4 is 0 Å². The normalized spacial score (nSPS) is 19.8. The second-order valence-electron chi connectivity index (χ2n) is 10.1. The van der Waals surface area contributed by atoms with Gasteiger partial charge in [-0.3, -0.25) is 4.68 Å². The van der Waals surface area contributed by atoms with Gasteiger partial charge in [-0.25, -0.2) is 9.97 Å². The van der Waals surface area contributed by atoms with Crippen LogP contribution in [0.25, 0.3) is 22.3 Å². The lowest BCUT2D eigenvalue weighted by Gasteiger charge is -2.37. The quantitative estimate of drug-likeness (QED) is 0.344. The van der Waals surface area contributed by atoms with Gasteiger partial charge in [0.2, 0.25) is 0 Å². The van der Waals surface area contributed by atoms with Gasteiger partial charge in [0.15, 0.2) is 0 Å². The molecule has 0 saturated heterocycles. The Morgan fingerprint density at radius 1 is 1.29 bits per heavy atom. The first-order valence-electron chi connectivity index (χ1n) is 11.1. The van der Waals surface area contributed by atoms with Crippen LogP contribution in [0.15, 0.2) is 31.0 Å². The summed E-state index contributed by atoms with van der Waals surface area (Å²) in [5.74, 6) is 1.28. The van der Waals surface area contributed by atoms with Crippen molar-refractivity contribution in [2.75, 3.05) is 6.61 Å². The Kier molecular flexibility index (Phi) is 6.26. The van der Waals surface area contributed by atoms with E-state index in [1.165, 1.54) is 12.8 Å². The molecule has 0 aliphatic heterocycles. The van der Waals surface area contributed by atoms with Crippen LogP contribution in [0.4, 0.5) is 0 Å². The van der Waals surface area contributed by atoms with E-state index in [9.17, 15) is 5.26 Å². The highest BCUT2D eigenvalue weighted by Crippen LogP contribution is 2.42. The molecule has 4 rings (SSSR count). The number of nitrogens with zero attached hydrogens (tertiary/aromatic N) is 6. The highest BCUT2D eigenvalue weighted by atomic mass is 28.3. The van der Waals surface area contributed by atoms with Gasteiger partial charge in [-0.15, -0.1) is 0 Å². The highest BCUT2D eigenvalue weighted by Gasteiger charge is 2.34. The van der Waals surface area contributed by atoms with Crippen LogP contribution in [-0.2, 0) is 11.5 Å². The third-order valence-electron chi connectivity index (χ3n) is 6.25. The minimum atomic E-state index is -1.10.